The first kappa shape index (κ1) is 23.1. The van der Waals surface area contributed by atoms with E-state index in [-0.39, 0.29) is 12.6 Å². The Balaban J connectivity index is 1.88. The minimum atomic E-state index is -0.465. The van der Waals surface area contributed by atoms with Crippen molar-refractivity contribution in [2.45, 2.75) is 25.2 Å². The summed E-state index contributed by atoms with van der Waals surface area (Å²) < 4.78 is 18.0. The van der Waals surface area contributed by atoms with E-state index in [0.29, 0.717) is 5.02 Å². The van der Waals surface area contributed by atoms with Gasteiger partial charge in [0.15, 0.2) is 0 Å². The van der Waals surface area contributed by atoms with Gasteiger partial charge in [0.05, 0.1) is 41.7 Å². The number of methoxy groups -OCH3 is 2. The molecule has 1 saturated heterocycles. The summed E-state index contributed by atoms with van der Waals surface area (Å²) in [6.07, 6.45) is 1.53. The summed E-state index contributed by atoms with van der Waals surface area (Å²) in [7, 11) is 3.27. The molecule has 1 aliphatic heterocycles. The normalized spacial score (nSPS) is 15.2. The molecule has 7 nitrogen and oxygen atoms in total. The van der Waals surface area contributed by atoms with Crippen molar-refractivity contribution in [3.63, 3.8) is 0 Å². The van der Waals surface area contributed by atoms with Crippen molar-refractivity contribution >= 4 is 17.6 Å². The van der Waals surface area contributed by atoms with Crippen molar-refractivity contribution in [3.8, 4) is 28.4 Å². The molecule has 0 amide bonds. The number of carbonyl (C=O) groups excluding carboxylic acids is 1. The maximum Gasteiger partial charge on any atom is 0.302 e. The maximum atomic E-state index is 11.7. The monoisotopic (exact) mass is 469 g/mol. The number of carbonyl (C=O) groups is 1. The van der Waals surface area contributed by atoms with Crippen LogP contribution in [-0.2, 0) is 14.9 Å². The van der Waals surface area contributed by atoms with E-state index in [1.54, 1.807) is 14.2 Å². The number of nitrogens with zero attached hydrogens (tertiary/aromatic N) is 2. The van der Waals surface area contributed by atoms with Crippen molar-refractivity contribution in [1.82, 2.24) is 15.1 Å². The van der Waals surface area contributed by atoms with Crippen LogP contribution in [0.4, 0.5) is 0 Å². The summed E-state index contributed by atoms with van der Waals surface area (Å²) in [5.74, 6) is 1.21. The molecular formula is C25H28ClN3O4. The third-order valence-corrected chi connectivity index (χ3v) is 6.48. The predicted octanol–water partition coefficient (Wildman–Crippen LogP) is 4.39. The van der Waals surface area contributed by atoms with Gasteiger partial charge in [-0.3, -0.25) is 4.79 Å². The Morgan fingerprint density at radius 1 is 1.03 bits per heavy atom. The highest BCUT2D eigenvalue weighted by Gasteiger charge is 2.41. The van der Waals surface area contributed by atoms with Gasteiger partial charge in [-0.2, -0.15) is 5.10 Å². The lowest BCUT2D eigenvalue weighted by Gasteiger charge is -2.35. The largest absolute Gasteiger partial charge is 0.497 e. The molecule has 0 unspecified atom stereocenters. The Kier molecular flexibility index (Phi) is 6.91. The van der Waals surface area contributed by atoms with Crippen LogP contribution in [-0.4, -0.2) is 49.7 Å². The molecule has 0 saturated carbocycles. The van der Waals surface area contributed by atoms with E-state index in [1.165, 1.54) is 6.92 Å². The number of aromatic nitrogens is 2. The van der Waals surface area contributed by atoms with Crippen LogP contribution in [0.5, 0.6) is 11.5 Å². The number of piperidine rings is 1. The van der Waals surface area contributed by atoms with Gasteiger partial charge >= 0.3 is 5.97 Å². The first-order valence-electron chi connectivity index (χ1n) is 10.9. The summed E-state index contributed by atoms with van der Waals surface area (Å²) in [4.78, 5) is 11.7. The fourth-order valence-electron chi connectivity index (χ4n) is 4.24. The number of rotatable bonds is 7. The van der Waals surface area contributed by atoms with Crippen LogP contribution >= 0.6 is 11.6 Å². The van der Waals surface area contributed by atoms with Gasteiger partial charge in [-0.15, -0.1) is 0 Å². The molecule has 2 aromatic carbocycles. The third-order valence-electron chi connectivity index (χ3n) is 6.12. The van der Waals surface area contributed by atoms with Gasteiger partial charge in [0.1, 0.15) is 18.1 Å². The van der Waals surface area contributed by atoms with Gasteiger partial charge in [0.2, 0.25) is 0 Å². The predicted molar refractivity (Wildman–Crippen MR) is 128 cm³/mol. The molecule has 0 bridgehead atoms. The Bertz CT molecular complexity index is 1100. The molecule has 2 heterocycles. The second-order valence-electron chi connectivity index (χ2n) is 8.16. The standard InChI is InChI=1S/C25H28ClN3O4/c1-17(30)33-16-25(12-14-27-15-13-25)24-22(26)23(18-4-8-20(31-2)9-5-18)29(28-24)19-6-10-21(32-3)11-7-19/h4-11,27H,12-16H2,1-3H3. The molecule has 1 aliphatic rings. The van der Waals surface area contributed by atoms with Crippen LogP contribution < -0.4 is 14.8 Å². The van der Waals surface area contributed by atoms with Crippen molar-refractivity contribution < 1.29 is 19.0 Å². The number of hydrogen-bond acceptors (Lipinski definition) is 6. The van der Waals surface area contributed by atoms with Crippen LogP contribution in [0.2, 0.25) is 5.02 Å². The Morgan fingerprint density at radius 2 is 1.61 bits per heavy atom. The number of hydrogen-bond donors (Lipinski definition) is 1. The molecule has 0 aliphatic carbocycles. The highest BCUT2D eigenvalue weighted by atomic mass is 35.5. The zero-order chi connectivity index (χ0) is 23.4. The number of ether oxygens (including phenoxy) is 3. The topological polar surface area (TPSA) is 74.6 Å². The van der Waals surface area contributed by atoms with Crippen LogP contribution in [0.15, 0.2) is 48.5 Å². The summed E-state index contributed by atoms with van der Waals surface area (Å²) in [6, 6.07) is 15.4. The molecule has 0 atom stereocenters. The molecule has 1 aromatic heterocycles. The molecule has 1 fully saturated rings. The van der Waals surface area contributed by atoms with E-state index in [2.05, 4.69) is 5.32 Å². The number of esters is 1. The van der Waals surface area contributed by atoms with Crippen LogP contribution in [0.25, 0.3) is 16.9 Å². The lowest BCUT2D eigenvalue weighted by atomic mass is 9.76. The van der Waals surface area contributed by atoms with E-state index in [0.717, 1.165) is 60.1 Å². The molecule has 4 rings (SSSR count). The molecule has 8 heteroatoms. The average Bonchev–Trinajstić information content (AvgIpc) is 3.21. The highest BCUT2D eigenvalue weighted by Crippen LogP contribution is 2.43. The number of benzene rings is 2. The van der Waals surface area contributed by atoms with Crippen molar-refractivity contribution in [3.05, 3.63) is 59.2 Å². The fraction of sp³-hybridized carbons (Fsp3) is 0.360. The van der Waals surface area contributed by atoms with Crippen molar-refractivity contribution in [2.24, 2.45) is 0 Å². The van der Waals surface area contributed by atoms with Gasteiger partial charge in [-0.05, 0) is 74.5 Å². The van der Waals surface area contributed by atoms with E-state index in [4.69, 9.17) is 30.9 Å². The molecule has 0 spiro atoms. The summed E-state index contributed by atoms with van der Waals surface area (Å²) in [5.41, 5.74) is 2.82. The van der Waals surface area contributed by atoms with Crippen molar-refractivity contribution in [1.29, 1.82) is 0 Å². The van der Waals surface area contributed by atoms with Crippen molar-refractivity contribution in [2.75, 3.05) is 33.9 Å². The Hall–Kier alpha value is -3.03. The average molecular weight is 470 g/mol. The number of halogens is 1. The van der Waals surface area contributed by atoms with E-state index >= 15 is 0 Å². The van der Waals surface area contributed by atoms with Gasteiger partial charge in [0, 0.05) is 12.5 Å². The molecule has 174 valence electrons. The lowest BCUT2D eigenvalue weighted by molar-refractivity contribution is -0.143. The first-order chi connectivity index (χ1) is 16.0. The van der Waals surface area contributed by atoms with Crippen LogP contribution in [0.1, 0.15) is 25.5 Å². The third kappa shape index (κ3) is 4.70. The molecular weight excluding hydrogens is 442 g/mol. The van der Waals surface area contributed by atoms with E-state index in [9.17, 15) is 4.79 Å². The smallest absolute Gasteiger partial charge is 0.302 e. The van der Waals surface area contributed by atoms with Gasteiger partial charge in [0.25, 0.3) is 0 Å². The van der Waals surface area contributed by atoms with Crippen LogP contribution in [0.3, 0.4) is 0 Å². The molecule has 3 aromatic rings. The quantitative estimate of drug-likeness (QED) is 0.517. The summed E-state index contributed by atoms with van der Waals surface area (Å²) in [5, 5.41) is 8.96. The second-order valence-corrected chi connectivity index (χ2v) is 8.54. The Labute approximate surface area is 198 Å². The van der Waals surface area contributed by atoms with E-state index in [1.807, 2.05) is 53.2 Å². The van der Waals surface area contributed by atoms with E-state index < -0.39 is 5.41 Å². The minimum absolute atomic E-state index is 0.241. The highest BCUT2D eigenvalue weighted by molar-refractivity contribution is 6.34. The number of nitrogens with one attached hydrogen (secondary N) is 1. The summed E-state index contributed by atoms with van der Waals surface area (Å²) in [6.45, 7) is 3.26. The molecule has 1 N–H and O–H groups in total. The summed E-state index contributed by atoms with van der Waals surface area (Å²) >= 11 is 7.08. The second kappa shape index (κ2) is 9.85. The maximum absolute atomic E-state index is 11.7. The lowest BCUT2D eigenvalue weighted by Crippen LogP contribution is -2.44. The molecule has 33 heavy (non-hydrogen) atoms. The SMILES string of the molecule is COc1ccc(-c2c(Cl)c(C3(COC(C)=O)CCNCC3)nn2-c2ccc(OC)cc2)cc1. The van der Waals surface area contributed by atoms with Gasteiger partial charge in [-0.25, -0.2) is 4.68 Å². The van der Waals surface area contributed by atoms with Crippen LogP contribution in [0, 0.1) is 0 Å². The zero-order valence-electron chi connectivity index (χ0n) is 19.1. The Morgan fingerprint density at radius 3 is 2.15 bits per heavy atom. The van der Waals surface area contributed by atoms with Gasteiger partial charge < -0.3 is 19.5 Å². The molecule has 0 radical (unpaired) electrons. The minimum Gasteiger partial charge on any atom is -0.497 e. The first-order valence-corrected chi connectivity index (χ1v) is 11.3. The zero-order valence-corrected chi connectivity index (χ0v) is 19.8. The van der Waals surface area contributed by atoms with Gasteiger partial charge in [-0.1, -0.05) is 11.6 Å². The fourth-order valence-corrected chi connectivity index (χ4v) is 4.67.